The molecule has 1 atom stereocenters. The zero-order valence-corrected chi connectivity index (χ0v) is 10.8. The van der Waals surface area contributed by atoms with E-state index in [4.69, 9.17) is 0 Å². The van der Waals surface area contributed by atoms with Gasteiger partial charge >= 0.3 is 5.97 Å². The van der Waals surface area contributed by atoms with Gasteiger partial charge in [-0.25, -0.2) is 0 Å². The summed E-state index contributed by atoms with van der Waals surface area (Å²) in [5.41, 5.74) is -0.746. The molecule has 1 unspecified atom stereocenters. The molecule has 16 heavy (non-hydrogen) atoms. The Hall–Kier alpha value is -0.610. The molecule has 0 amide bonds. The van der Waals surface area contributed by atoms with Crippen molar-refractivity contribution in [1.82, 2.24) is 10.2 Å². The fourth-order valence-corrected chi connectivity index (χ4v) is 2.45. The molecule has 0 heterocycles. The Balaban J connectivity index is 2.66. The Labute approximate surface area is 98.0 Å². The molecule has 1 rings (SSSR count). The minimum absolute atomic E-state index is 0.296. The average molecular weight is 228 g/mol. The van der Waals surface area contributed by atoms with Gasteiger partial charge in [0.1, 0.15) is 5.54 Å². The number of rotatable bonds is 7. The van der Waals surface area contributed by atoms with Crippen molar-refractivity contribution >= 4 is 5.97 Å². The van der Waals surface area contributed by atoms with Gasteiger partial charge in [0, 0.05) is 13.1 Å². The smallest absolute Gasteiger partial charge is 0.325 e. The van der Waals surface area contributed by atoms with Gasteiger partial charge in [-0.2, -0.15) is 0 Å². The van der Waals surface area contributed by atoms with Crippen molar-refractivity contribution in [2.75, 3.05) is 27.2 Å². The van der Waals surface area contributed by atoms with E-state index >= 15 is 0 Å². The van der Waals surface area contributed by atoms with Gasteiger partial charge in [-0.3, -0.25) is 4.79 Å². The highest BCUT2D eigenvalue weighted by Gasteiger charge is 2.50. The summed E-state index contributed by atoms with van der Waals surface area (Å²) in [6.45, 7) is 5.82. The molecule has 0 spiro atoms. The number of hydrogen-bond donors (Lipinski definition) is 2. The van der Waals surface area contributed by atoms with Crippen molar-refractivity contribution in [2.45, 2.75) is 32.2 Å². The summed E-state index contributed by atoms with van der Waals surface area (Å²) >= 11 is 0. The number of likely N-dealkylation sites (N-methyl/N-ethyl adjacent to an activating group) is 2. The SMILES string of the molecule is CNC(CN(C)CC(C)C)(C(=O)O)C1CC1. The van der Waals surface area contributed by atoms with Crippen LogP contribution in [0.2, 0.25) is 0 Å². The van der Waals surface area contributed by atoms with Crippen molar-refractivity contribution < 1.29 is 9.90 Å². The second kappa shape index (κ2) is 5.15. The second-order valence-corrected chi connectivity index (χ2v) is 5.39. The van der Waals surface area contributed by atoms with Crippen LogP contribution in [0.15, 0.2) is 0 Å². The van der Waals surface area contributed by atoms with Crippen molar-refractivity contribution in [1.29, 1.82) is 0 Å². The first kappa shape index (κ1) is 13.5. The maximum absolute atomic E-state index is 11.5. The van der Waals surface area contributed by atoms with E-state index in [2.05, 4.69) is 24.1 Å². The predicted octanol–water partition coefficient (Wildman–Crippen LogP) is 1.03. The van der Waals surface area contributed by atoms with E-state index in [1.54, 1.807) is 7.05 Å². The van der Waals surface area contributed by atoms with E-state index in [9.17, 15) is 9.90 Å². The van der Waals surface area contributed by atoms with Crippen LogP contribution >= 0.6 is 0 Å². The maximum Gasteiger partial charge on any atom is 0.325 e. The summed E-state index contributed by atoms with van der Waals surface area (Å²) in [4.78, 5) is 13.6. The molecule has 0 saturated heterocycles. The molecule has 1 aliphatic rings. The molecule has 1 saturated carbocycles. The van der Waals surface area contributed by atoms with Gasteiger partial charge in [-0.15, -0.1) is 0 Å². The number of aliphatic carboxylic acids is 1. The average Bonchev–Trinajstić information content (AvgIpc) is 2.95. The highest BCUT2D eigenvalue weighted by Crippen LogP contribution is 2.40. The van der Waals surface area contributed by atoms with Gasteiger partial charge in [-0.05, 0) is 38.8 Å². The summed E-state index contributed by atoms with van der Waals surface area (Å²) in [6, 6.07) is 0. The van der Waals surface area contributed by atoms with Crippen LogP contribution in [0, 0.1) is 11.8 Å². The standard InChI is InChI=1S/C12H24N2O2/c1-9(2)7-14(4)8-12(13-3,11(15)16)10-5-6-10/h9-10,13H,5-8H2,1-4H3,(H,15,16). The van der Waals surface area contributed by atoms with Gasteiger partial charge in [-0.1, -0.05) is 13.8 Å². The first-order chi connectivity index (χ1) is 7.42. The molecule has 0 radical (unpaired) electrons. The van der Waals surface area contributed by atoms with Crippen LogP contribution < -0.4 is 5.32 Å². The Bertz CT molecular complexity index is 251. The molecule has 0 aromatic carbocycles. The second-order valence-electron chi connectivity index (χ2n) is 5.39. The third-order valence-corrected chi connectivity index (χ3v) is 3.30. The van der Waals surface area contributed by atoms with Crippen LogP contribution in [0.25, 0.3) is 0 Å². The number of nitrogens with zero attached hydrogens (tertiary/aromatic N) is 1. The quantitative estimate of drug-likeness (QED) is 0.683. The van der Waals surface area contributed by atoms with E-state index in [0.29, 0.717) is 18.4 Å². The van der Waals surface area contributed by atoms with Crippen LogP contribution in [0.1, 0.15) is 26.7 Å². The van der Waals surface area contributed by atoms with Gasteiger partial charge < -0.3 is 15.3 Å². The topological polar surface area (TPSA) is 52.6 Å². The van der Waals surface area contributed by atoms with E-state index in [1.165, 1.54) is 0 Å². The van der Waals surface area contributed by atoms with Crippen LogP contribution in [-0.4, -0.2) is 48.7 Å². The number of carboxylic acid groups (broad SMARTS) is 1. The molecular formula is C12H24N2O2. The molecule has 1 aliphatic carbocycles. The Morgan fingerprint density at radius 1 is 1.56 bits per heavy atom. The maximum atomic E-state index is 11.5. The summed E-state index contributed by atoms with van der Waals surface area (Å²) in [7, 11) is 3.76. The number of hydrogen-bond acceptors (Lipinski definition) is 3. The molecule has 0 bridgehead atoms. The van der Waals surface area contributed by atoms with E-state index in [1.807, 2.05) is 7.05 Å². The number of nitrogens with one attached hydrogen (secondary N) is 1. The molecule has 1 fully saturated rings. The van der Waals surface area contributed by atoms with Gasteiger partial charge in [0.2, 0.25) is 0 Å². The third kappa shape index (κ3) is 2.95. The van der Waals surface area contributed by atoms with Gasteiger partial charge in [0.15, 0.2) is 0 Å². The van der Waals surface area contributed by atoms with E-state index in [0.717, 1.165) is 19.4 Å². The lowest BCUT2D eigenvalue weighted by atomic mass is 9.92. The van der Waals surface area contributed by atoms with E-state index in [-0.39, 0.29) is 0 Å². The molecular weight excluding hydrogens is 204 g/mol. The highest BCUT2D eigenvalue weighted by molar-refractivity contribution is 5.80. The zero-order valence-electron chi connectivity index (χ0n) is 10.8. The number of carbonyl (C=O) groups is 1. The van der Waals surface area contributed by atoms with Crippen molar-refractivity contribution in [3.8, 4) is 0 Å². The first-order valence-corrected chi connectivity index (χ1v) is 6.03. The lowest BCUT2D eigenvalue weighted by molar-refractivity contribution is -0.146. The Morgan fingerprint density at radius 3 is 2.44 bits per heavy atom. The van der Waals surface area contributed by atoms with Gasteiger partial charge in [0.25, 0.3) is 0 Å². The molecule has 94 valence electrons. The minimum atomic E-state index is -0.746. The number of carboxylic acids is 1. The molecule has 4 nitrogen and oxygen atoms in total. The monoisotopic (exact) mass is 228 g/mol. The zero-order chi connectivity index (χ0) is 12.3. The Morgan fingerprint density at radius 2 is 2.12 bits per heavy atom. The summed E-state index contributed by atoms with van der Waals surface area (Å²) in [5, 5.41) is 12.5. The molecule has 0 aliphatic heterocycles. The molecule has 0 aromatic heterocycles. The van der Waals surface area contributed by atoms with Crippen molar-refractivity contribution in [2.24, 2.45) is 11.8 Å². The highest BCUT2D eigenvalue weighted by atomic mass is 16.4. The van der Waals surface area contributed by atoms with Crippen LogP contribution in [0.4, 0.5) is 0 Å². The first-order valence-electron chi connectivity index (χ1n) is 6.03. The predicted molar refractivity (Wildman–Crippen MR) is 64.5 cm³/mol. The van der Waals surface area contributed by atoms with Gasteiger partial charge in [0.05, 0.1) is 0 Å². The normalized spacial score (nSPS) is 20.1. The molecule has 0 aromatic rings. The van der Waals surface area contributed by atoms with Crippen LogP contribution in [-0.2, 0) is 4.79 Å². The van der Waals surface area contributed by atoms with E-state index < -0.39 is 11.5 Å². The summed E-state index contributed by atoms with van der Waals surface area (Å²) in [6.07, 6.45) is 2.06. The van der Waals surface area contributed by atoms with Crippen LogP contribution in [0.5, 0.6) is 0 Å². The molecule has 4 heteroatoms. The summed E-state index contributed by atoms with van der Waals surface area (Å²) < 4.78 is 0. The van der Waals surface area contributed by atoms with Crippen LogP contribution in [0.3, 0.4) is 0 Å². The Kier molecular flexibility index (Phi) is 4.33. The lowest BCUT2D eigenvalue weighted by Gasteiger charge is -2.34. The van der Waals surface area contributed by atoms with Crippen molar-refractivity contribution in [3.63, 3.8) is 0 Å². The fraction of sp³-hybridized carbons (Fsp3) is 0.917. The largest absolute Gasteiger partial charge is 0.480 e. The van der Waals surface area contributed by atoms with Crippen molar-refractivity contribution in [3.05, 3.63) is 0 Å². The minimum Gasteiger partial charge on any atom is -0.480 e. The fourth-order valence-electron chi connectivity index (χ4n) is 2.45. The third-order valence-electron chi connectivity index (χ3n) is 3.30. The molecule has 2 N–H and O–H groups in total. The summed E-state index contributed by atoms with van der Waals surface area (Å²) in [5.74, 6) is 0.144. The lowest BCUT2D eigenvalue weighted by Crippen LogP contribution is -2.59.